The third-order valence-electron chi connectivity index (χ3n) is 2.77. The summed E-state index contributed by atoms with van der Waals surface area (Å²) in [4.78, 5) is 28.0. The first-order valence-corrected chi connectivity index (χ1v) is 5.86. The Morgan fingerprint density at radius 2 is 2.11 bits per heavy atom. The van der Waals surface area contributed by atoms with Crippen LogP contribution in [0.15, 0.2) is 23.0 Å². The SMILES string of the molecule is CCC(N)CC(=O)Nc1ccc2[nH]c(=O)[nH]c2c1. The minimum absolute atomic E-state index is 0.124. The summed E-state index contributed by atoms with van der Waals surface area (Å²) in [6, 6.07) is 5.06. The van der Waals surface area contributed by atoms with E-state index in [4.69, 9.17) is 5.73 Å². The Bertz CT molecular complexity index is 614. The van der Waals surface area contributed by atoms with Crippen molar-refractivity contribution in [1.82, 2.24) is 9.97 Å². The topological polar surface area (TPSA) is 104 Å². The van der Waals surface area contributed by atoms with Crippen molar-refractivity contribution in [3.05, 3.63) is 28.7 Å². The van der Waals surface area contributed by atoms with Crippen molar-refractivity contribution in [2.24, 2.45) is 5.73 Å². The molecule has 0 radical (unpaired) electrons. The molecule has 0 aliphatic carbocycles. The zero-order valence-electron chi connectivity index (χ0n) is 10.1. The molecule has 0 spiro atoms. The molecule has 0 bridgehead atoms. The van der Waals surface area contributed by atoms with Crippen molar-refractivity contribution in [2.75, 3.05) is 5.32 Å². The molecular weight excluding hydrogens is 232 g/mol. The Morgan fingerprint density at radius 3 is 2.83 bits per heavy atom. The van der Waals surface area contributed by atoms with Gasteiger partial charge in [-0.25, -0.2) is 4.79 Å². The second kappa shape index (κ2) is 5.05. The minimum atomic E-state index is -0.263. The van der Waals surface area contributed by atoms with Gasteiger partial charge in [-0.15, -0.1) is 0 Å². The van der Waals surface area contributed by atoms with E-state index in [2.05, 4.69) is 15.3 Å². The molecule has 6 heteroatoms. The number of imidazole rings is 1. The van der Waals surface area contributed by atoms with Crippen LogP contribution in [0.4, 0.5) is 5.69 Å². The van der Waals surface area contributed by atoms with E-state index >= 15 is 0 Å². The van der Waals surface area contributed by atoms with E-state index in [0.717, 1.165) is 6.42 Å². The molecule has 0 saturated heterocycles. The van der Waals surface area contributed by atoms with Crippen molar-refractivity contribution in [3.63, 3.8) is 0 Å². The number of hydrogen-bond acceptors (Lipinski definition) is 3. The number of benzene rings is 1. The number of fused-ring (bicyclic) bond motifs is 1. The van der Waals surface area contributed by atoms with Crippen LogP contribution in [0.1, 0.15) is 19.8 Å². The smallest absolute Gasteiger partial charge is 0.323 e. The molecule has 6 nitrogen and oxygen atoms in total. The third-order valence-corrected chi connectivity index (χ3v) is 2.77. The van der Waals surface area contributed by atoms with Gasteiger partial charge in [-0.05, 0) is 24.6 Å². The number of hydrogen-bond donors (Lipinski definition) is 4. The Morgan fingerprint density at radius 1 is 1.39 bits per heavy atom. The monoisotopic (exact) mass is 248 g/mol. The summed E-state index contributed by atoms with van der Waals surface area (Å²) < 4.78 is 0. The first kappa shape index (κ1) is 12.4. The van der Waals surface area contributed by atoms with E-state index in [0.29, 0.717) is 16.7 Å². The average molecular weight is 248 g/mol. The van der Waals surface area contributed by atoms with E-state index in [1.807, 2.05) is 6.92 Å². The van der Waals surface area contributed by atoms with Gasteiger partial charge in [0.15, 0.2) is 0 Å². The molecule has 0 fully saturated rings. The van der Waals surface area contributed by atoms with Gasteiger partial charge in [-0.1, -0.05) is 6.92 Å². The van der Waals surface area contributed by atoms with Crippen LogP contribution in [-0.2, 0) is 4.79 Å². The van der Waals surface area contributed by atoms with Crippen LogP contribution in [0, 0.1) is 0 Å². The number of rotatable bonds is 4. The number of aromatic amines is 2. The van der Waals surface area contributed by atoms with Crippen LogP contribution in [0.25, 0.3) is 11.0 Å². The molecule has 2 rings (SSSR count). The van der Waals surface area contributed by atoms with Crippen molar-refractivity contribution in [1.29, 1.82) is 0 Å². The number of carbonyl (C=O) groups is 1. The molecular formula is C12H16N4O2. The zero-order valence-corrected chi connectivity index (χ0v) is 10.1. The molecule has 1 unspecified atom stereocenters. The maximum Gasteiger partial charge on any atom is 0.323 e. The molecule has 1 amide bonds. The predicted octanol–water partition coefficient (Wildman–Crippen LogP) is 0.922. The van der Waals surface area contributed by atoms with Crippen LogP contribution in [0.5, 0.6) is 0 Å². The highest BCUT2D eigenvalue weighted by molar-refractivity contribution is 5.93. The molecule has 0 aliphatic heterocycles. The van der Waals surface area contributed by atoms with Crippen LogP contribution < -0.4 is 16.7 Å². The van der Waals surface area contributed by atoms with Gasteiger partial charge in [-0.2, -0.15) is 0 Å². The number of carbonyl (C=O) groups excluding carboxylic acids is 1. The molecule has 0 aliphatic rings. The fourth-order valence-corrected chi connectivity index (χ4v) is 1.70. The third kappa shape index (κ3) is 2.78. The van der Waals surface area contributed by atoms with E-state index in [1.54, 1.807) is 18.2 Å². The van der Waals surface area contributed by atoms with Crippen LogP contribution in [0.2, 0.25) is 0 Å². The van der Waals surface area contributed by atoms with Gasteiger partial charge in [0.2, 0.25) is 5.91 Å². The van der Waals surface area contributed by atoms with Crippen molar-refractivity contribution < 1.29 is 4.79 Å². The predicted molar refractivity (Wildman–Crippen MR) is 70.4 cm³/mol. The van der Waals surface area contributed by atoms with Gasteiger partial charge >= 0.3 is 5.69 Å². The number of nitrogens with one attached hydrogen (secondary N) is 3. The van der Waals surface area contributed by atoms with Gasteiger partial charge in [0.05, 0.1) is 11.0 Å². The van der Waals surface area contributed by atoms with Crippen LogP contribution in [0.3, 0.4) is 0 Å². The fourth-order valence-electron chi connectivity index (χ4n) is 1.70. The Kier molecular flexibility index (Phi) is 3.47. The molecule has 1 atom stereocenters. The lowest BCUT2D eigenvalue weighted by Gasteiger charge is -2.09. The summed E-state index contributed by atoms with van der Waals surface area (Å²) in [5.41, 5.74) is 7.47. The standard InChI is InChI=1S/C12H16N4O2/c1-2-7(13)5-11(17)14-8-3-4-9-10(6-8)16-12(18)15-9/h3-4,6-7H,2,5,13H2,1H3,(H,14,17)(H2,15,16,18). The van der Waals surface area contributed by atoms with E-state index in [-0.39, 0.29) is 24.1 Å². The van der Waals surface area contributed by atoms with Crippen LogP contribution in [-0.4, -0.2) is 21.9 Å². The maximum absolute atomic E-state index is 11.7. The Labute approximate surface area is 104 Å². The maximum atomic E-state index is 11.7. The number of nitrogens with two attached hydrogens (primary N) is 1. The van der Waals surface area contributed by atoms with E-state index in [9.17, 15) is 9.59 Å². The highest BCUT2D eigenvalue weighted by Crippen LogP contribution is 2.14. The highest BCUT2D eigenvalue weighted by atomic mass is 16.1. The van der Waals surface area contributed by atoms with Gasteiger partial charge < -0.3 is 21.0 Å². The zero-order chi connectivity index (χ0) is 13.1. The molecule has 1 aromatic heterocycles. The van der Waals surface area contributed by atoms with E-state index < -0.39 is 0 Å². The fraction of sp³-hybridized carbons (Fsp3) is 0.333. The average Bonchev–Trinajstić information content (AvgIpc) is 2.68. The second-order valence-corrected chi connectivity index (χ2v) is 4.26. The number of anilines is 1. The van der Waals surface area contributed by atoms with Gasteiger partial charge in [0.25, 0.3) is 0 Å². The lowest BCUT2D eigenvalue weighted by atomic mass is 10.1. The first-order valence-electron chi connectivity index (χ1n) is 5.86. The molecule has 1 aromatic carbocycles. The second-order valence-electron chi connectivity index (χ2n) is 4.26. The normalized spacial score (nSPS) is 12.6. The lowest BCUT2D eigenvalue weighted by Crippen LogP contribution is -2.26. The Hall–Kier alpha value is -2.08. The summed E-state index contributed by atoms with van der Waals surface area (Å²) in [5, 5.41) is 2.75. The molecule has 2 aromatic rings. The number of aromatic nitrogens is 2. The van der Waals surface area contributed by atoms with Crippen molar-refractivity contribution in [2.45, 2.75) is 25.8 Å². The number of amides is 1. The van der Waals surface area contributed by atoms with Crippen molar-refractivity contribution in [3.8, 4) is 0 Å². The van der Waals surface area contributed by atoms with Gasteiger partial charge in [0, 0.05) is 18.2 Å². The van der Waals surface area contributed by atoms with Gasteiger partial charge in [-0.3, -0.25) is 4.79 Å². The summed E-state index contributed by atoms with van der Waals surface area (Å²) in [5.74, 6) is -0.124. The molecule has 1 heterocycles. The lowest BCUT2D eigenvalue weighted by molar-refractivity contribution is -0.116. The van der Waals surface area contributed by atoms with E-state index in [1.165, 1.54) is 0 Å². The molecule has 5 N–H and O–H groups in total. The first-order chi connectivity index (χ1) is 8.58. The minimum Gasteiger partial charge on any atom is -0.327 e. The highest BCUT2D eigenvalue weighted by Gasteiger charge is 2.08. The summed E-state index contributed by atoms with van der Waals surface area (Å²) in [6.45, 7) is 1.94. The van der Waals surface area contributed by atoms with Gasteiger partial charge in [0.1, 0.15) is 0 Å². The van der Waals surface area contributed by atoms with Crippen LogP contribution >= 0.6 is 0 Å². The molecule has 0 saturated carbocycles. The molecule has 96 valence electrons. The number of H-pyrrole nitrogens is 2. The summed E-state index contributed by atoms with van der Waals surface area (Å²) >= 11 is 0. The summed E-state index contributed by atoms with van der Waals surface area (Å²) in [7, 11) is 0. The van der Waals surface area contributed by atoms with Crippen molar-refractivity contribution >= 4 is 22.6 Å². The largest absolute Gasteiger partial charge is 0.327 e. The summed E-state index contributed by atoms with van der Waals surface area (Å²) in [6.07, 6.45) is 1.05. The molecule has 18 heavy (non-hydrogen) atoms. The quantitative estimate of drug-likeness (QED) is 0.646. The Balaban J connectivity index is 2.11.